The molecule has 1 rings (SSSR count). The van der Waals surface area contributed by atoms with Gasteiger partial charge in [-0.25, -0.2) is 8.78 Å². The summed E-state index contributed by atoms with van der Waals surface area (Å²) in [6, 6.07) is 1.74. The standard InChI is InChI=1S/C8H8F2N2/c1-4(11)6-2-5(9)3-7(10)8(6)12/h2-3,11H,12H2,1H3. The van der Waals surface area contributed by atoms with Crippen LogP contribution in [-0.4, -0.2) is 5.71 Å². The SMILES string of the molecule is CC(=N)c1cc(F)cc(F)c1N. The summed E-state index contributed by atoms with van der Waals surface area (Å²) in [5, 5.41) is 7.16. The Morgan fingerprint density at radius 3 is 2.50 bits per heavy atom. The Morgan fingerprint density at radius 1 is 1.42 bits per heavy atom. The van der Waals surface area contributed by atoms with Crippen molar-refractivity contribution < 1.29 is 8.78 Å². The van der Waals surface area contributed by atoms with Crippen LogP contribution >= 0.6 is 0 Å². The summed E-state index contributed by atoms with van der Waals surface area (Å²) in [7, 11) is 0. The van der Waals surface area contributed by atoms with E-state index in [4.69, 9.17) is 11.1 Å². The van der Waals surface area contributed by atoms with Gasteiger partial charge in [-0.1, -0.05) is 0 Å². The van der Waals surface area contributed by atoms with Crippen molar-refractivity contribution in [3.8, 4) is 0 Å². The number of nitrogens with one attached hydrogen (secondary N) is 1. The molecule has 0 saturated carbocycles. The molecule has 0 aliphatic carbocycles. The smallest absolute Gasteiger partial charge is 0.149 e. The summed E-state index contributed by atoms with van der Waals surface area (Å²) in [6.07, 6.45) is 0. The third-order valence-corrected chi connectivity index (χ3v) is 1.50. The molecule has 2 nitrogen and oxygen atoms in total. The predicted molar refractivity (Wildman–Crippen MR) is 43.3 cm³/mol. The Labute approximate surface area is 68.5 Å². The third-order valence-electron chi connectivity index (χ3n) is 1.50. The fourth-order valence-electron chi connectivity index (χ4n) is 0.895. The number of hydrogen-bond acceptors (Lipinski definition) is 2. The van der Waals surface area contributed by atoms with Crippen molar-refractivity contribution >= 4 is 11.4 Å². The van der Waals surface area contributed by atoms with E-state index in [1.165, 1.54) is 6.92 Å². The van der Waals surface area contributed by atoms with Gasteiger partial charge in [0.05, 0.1) is 5.69 Å². The molecule has 12 heavy (non-hydrogen) atoms. The minimum absolute atomic E-state index is 0.0471. The molecule has 0 fully saturated rings. The van der Waals surface area contributed by atoms with E-state index in [9.17, 15) is 8.78 Å². The van der Waals surface area contributed by atoms with Crippen LogP contribution in [0, 0.1) is 17.0 Å². The van der Waals surface area contributed by atoms with E-state index >= 15 is 0 Å². The molecule has 0 aliphatic rings. The van der Waals surface area contributed by atoms with Crippen molar-refractivity contribution in [2.75, 3.05) is 5.73 Å². The van der Waals surface area contributed by atoms with Gasteiger partial charge in [-0.2, -0.15) is 0 Å². The molecule has 0 radical (unpaired) electrons. The molecule has 1 aromatic rings. The highest BCUT2D eigenvalue weighted by molar-refractivity contribution is 6.00. The molecular formula is C8H8F2N2. The number of anilines is 1. The maximum atomic E-state index is 12.7. The van der Waals surface area contributed by atoms with Crippen LogP contribution in [0.5, 0.6) is 0 Å². The molecule has 0 spiro atoms. The molecule has 0 atom stereocenters. The molecule has 4 heteroatoms. The van der Waals surface area contributed by atoms with Gasteiger partial charge in [-0.15, -0.1) is 0 Å². The molecule has 3 N–H and O–H groups in total. The summed E-state index contributed by atoms with van der Waals surface area (Å²) in [6.45, 7) is 1.42. The van der Waals surface area contributed by atoms with Gasteiger partial charge in [-0.05, 0) is 13.0 Å². The van der Waals surface area contributed by atoms with Crippen LogP contribution < -0.4 is 5.73 Å². The molecule has 64 valence electrons. The Hall–Kier alpha value is -1.45. The fourth-order valence-corrected chi connectivity index (χ4v) is 0.895. The number of rotatable bonds is 1. The minimum Gasteiger partial charge on any atom is -0.396 e. The number of halogens is 2. The maximum Gasteiger partial charge on any atom is 0.149 e. The molecule has 0 amide bonds. The second-order valence-corrected chi connectivity index (χ2v) is 2.47. The second kappa shape index (κ2) is 2.89. The lowest BCUT2D eigenvalue weighted by molar-refractivity contribution is 0.586. The quantitative estimate of drug-likeness (QED) is 0.491. The van der Waals surface area contributed by atoms with Crippen LogP contribution in [0.2, 0.25) is 0 Å². The fraction of sp³-hybridized carbons (Fsp3) is 0.125. The first-order valence-corrected chi connectivity index (χ1v) is 3.32. The molecule has 0 aromatic heterocycles. The van der Waals surface area contributed by atoms with Crippen molar-refractivity contribution in [3.63, 3.8) is 0 Å². The molecule has 0 unspecified atom stereocenters. The van der Waals surface area contributed by atoms with Crippen molar-refractivity contribution in [3.05, 3.63) is 29.3 Å². The number of hydrogen-bond donors (Lipinski definition) is 2. The van der Waals surface area contributed by atoms with Crippen LogP contribution in [0.3, 0.4) is 0 Å². The topological polar surface area (TPSA) is 49.9 Å². The lowest BCUT2D eigenvalue weighted by Crippen LogP contribution is -2.03. The molecule has 0 heterocycles. The van der Waals surface area contributed by atoms with E-state index < -0.39 is 11.6 Å². The normalized spacial score (nSPS) is 9.92. The summed E-state index contributed by atoms with van der Waals surface area (Å²) in [4.78, 5) is 0. The van der Waals surface area contributed by atoms with Crippen molar-refractivity contribution in [1.29, 1.82) is 5.41 Å². The van der Waals surface area contributed by atoms with E-state index in [-0.39, 0.29) is 17.0 Å². The van der Waals surface area contributed by atoms with Gasteiger partial charge in [-0.3, -0.25) is 0 Å². The highest BCUT2D eigenvalue weighted by Gasteiger charge is 2.08. The zero-order valence-electron chi connectivity index (χ0n) is 6.49. The van der Waals surface area contributed by atoms with E-state index in [0.717, 1.165) is 6.07 Å². The van der Waals surface area contributed by atoms with Gasteiger partial charge in [0.25, 0.3) is 0 Å². The maximum absolute atomic E-state index is 12.7. The number of nitrogen functional groups attached to an aromatic ring is 1. The van der Waals surface area contributed by atoms with E-state index in [2.05, 4.69) is 0 Å². The van der Waals surface area contributed by atoms with Gasteiger partial charge in [0, 0.05) is 17.3 Å². The lowest BCUT2D eigenvalue weighted by Gasteiger charge is -2.04. The van der Waals surface area contributed by atoms with E-state index in [0.29, 0.717) is 6.07 Å². The van der Waals surface area contributed by atoms with Crippen LogP contribution in [0.4, 0.5) is 14.5 Å². The summed E-state index contributed by atoms with van der Waals surface area (Å²) >= 11 is 0. The van der Waals surface area contributed by atoms with Crippen LogP contribution in [0.1, 0.15) is 12.5 Å². The zero-order chi connectivity index (χ0) is 9.30. The monoisotopic (exact) mass is 170 g/mol. The highest BCUT2D eigenvalue weighted by atomic mass is 19.1. The first-order chi connectivity index (χ1) is 5.52. The molecular weight excluding hydrogens is 162 g/mol. The minimum atomic E-state index is -0.823. The van der Waals surface area contributed by atoms with E-state index in [1.807, 2.05) is 0 Å². The van der Waals surface area contributed by atoms with Gasteiger partial charge >= 0.3 is 0 Å². The largest absolute Gasteiger partial charge is 0.396 e. The third kappa shape index (κ3) is 1.42. The van der Waals surface area contributed by atoms with E-state index in [1.54, 1.807) is 0 Å². The summed E-state index contributed by atoms with van der Waals surface area (Å²) < 4.78 is 25.3. The number of nitrogens with two attached hydrogens (primary N) is 1. The van der Waals surface area contributed by atoms with Crippen molar-refractivity contribution in [1.82, 2.24) is 0 Å². The molecule has 0 saturated heterocycles. The van der Waals surface area contributed by atoms with Crippen LogP contribution in [-0.2, 0) is 0 Å². The molecule has 0 aliphatic heterocycles. The zero-order valence-corrected chi connectivity index (χ0v) is 6.49. The Balaban J connectivity index is 3.37. The first-order valence-electron chi connectivity index (χ1n) is 3.32. The van der Waals surface area contributed by atoms with Gasteiger partial charge in [0.15, 0.2) is 0 Å². The second-order valence-electron chi connectivity index (χ2n) is 2.47. The summed E-state index contributed by atoms with van der Waals surface area (Å²) in [5.41, 5.74) is 5.24. The average Bonchev–Trinajstić information content (AvgIpc) is 1.96. The highest BCUT2D eigenvalue weighted by Crippen LogP contribution is 2.18. The number of benzene rings is 1. The van der Waals surface area contributed by atoms with Gasteiger partial charge < -0.3 is 11.1 Å². The summed E-state index contributed by atoms with van der Waals surface area (Å²) in [5.74, 6) is -1.54. The lowest BCUT2D eigenvalue weighted by atomic mass is 10.1. The first kappa shape index (κ1) is 8.64. The predicted octanol–water partition coefficient (Wildman–Crippen LogP) is 1.93. The Bertz CT molecular complexity index is 334. The van der Waals surface area contributed by atoms with Crippen molar-refractivity contribution in [2.24, 2.45) is 0 Å². The molecule has 1 aromatic carbocycles. The Kier molecular flexibility index (Phi) is 2.08. The Morgan fingerprint density at radius 2 is 2.00 bits per heavy atom. The average molecular weight is 170 g/mol. The van der Waals surface area contributed by atoms with Crippen molar-refractivity contribution in [2.45, 2.75) is 6.92 Å². The van der Waals surface area contributed by atoms with Gasteiger partial charge in [0.1, 0.15) is 11.6 Å². The van der Waals surface area contributed by atoms with Crippen LogP contribution in [0.15, 0.2) is 12.1 Å². The molecule has 0 bridgehead atoms. The van der Waals surface area contributed by atoms with Gasteiger partial charge in [0.2, 0.25) is 0 Å². The van der Waals surface area contributed by atoms with Crippen LogP contribution in [0.25, 0.3) is 0 Å².